The molecule has 0 amide bonds. The first kappa shape index (κ1) is 17.4. The van der Waals surface area contributed by atoms with Crippen molar-refractivity contribution in [2.75, 3.05) is 0 Å². The van der Waals surface area contributed by atoms with Gasteiger partial charge < -0.3 is 9.84 Å². The number of non-ortho nitro benzene ring substituents is 1. The first-order chi connectivity index (χ1) is 12.3. The maximum absolute atomic E-state index is 12.4. The first-order valence-corrected chi connectivity index (χ1v) is 7.98. The van der Waals surface area contributed by atoms with Crippen LogP contribution >= 0.6 is 0 Å². The molecule has 0 unspecified atom stereocenters. The Kier molecular flexibility index (Phi) is 4.34. The highest BCUT2D eigenvalue weighted by molar-refractivity contribution is 6.09. The Hall–Kier alpha value is -3.41. The predicted molar refractivity (Wildman–Crippen MR) is 98.3 cm³/mol. The number of carbonyl (C=O) groups excluding carboxylic acids is 1. The fourth-order valence-electron chi connectivity index (χ4n) is 2.61. The number of ether oxygens (including phenoxy) is 1. The van der Waals surface area contributed by atoms with Crippen molar-refractivity contribution in [3.05, 3.63) is 75.4 Å². The molecule has 0 radical (unpaired) electrons. The number of rotatable bonds is 4. The molecule has 3 rings (SSSR count). The summed E-state index contributed by atoms with van der Waals surface area (Å²) in [6.45, 7) is 3.80. The lowest BCUT2D eigenvalue weighted by atomic mass is 9.98. The second kappa shape index (κ2) is 6.48. The van der Waals surface area contributed by atoms with E-state index in [1.165, 1.54) is 24.3 Å². The molecule has 6 heteroatoms. The lowest BCUT2D eigenvalue weighted by Crippen LogP contribution is -2.27. The Morgan fingerprint density at radius 1 is 1.19 bits per heavy atom. The monoisotopic (exact) mass is 351 g/mol. The number of phenols is 1. The highest BCUT2D eigenvalue weighted by atomic mass is 16.6. The minimum Gasteiger partial charge on any atom is -0.506 e. The van der Waals surface area contributed by atoms with E-state index >= 15 is 0 Å². The largest absolute Gasteiger partial charge is 0.506 e. The van der Waals surface area contributed by atoms with Crippen LogP contribution in [0.1, 0.15) is 35.3 Å². The highest BCUT2D eigenvalue weighted by Gasteiger charge is 2.25. The fraction of sp³-hybridized carbons (Fsp3) is 0.150. The van der Waals surface area contributed by atoms with Gasteiger partial charge in [-0.2, -0.15) is 0 Å². The summed E-state index contributed by atoms with van der Waals surface area (Å²) in [4.78, 5) is 22.6. The molecular formula is C20H17NO5. The lowest BCUT2D eigenvalue weighted by molar-refractivity contribution is -0.384. The molecule has 2 aromatic carbocycles. The van der Waals surface area contributed by atoms with Gasteiger partial charge in [0.05, 0.1) is 16.1 Å². The van der Waals surface area contributed by atoms with Crippen LogP contribution in [-0.4, -0.2) is 21.4 Å². The summed E-state index contributed by atoms with van der Waals surface area (Å²) < 4.78 is 5.76. The molecule has 1 heterocycles. The molecule has 0 spiro atoms. The van der Waals surface area contributed by atoms with Crippen molar-refractivity contribution in [2.45, 2.75) is 19.4 Å². The fourth-order valence-corrected chi connectivity index (χ4v) is 2.61. The van der Waals surface area contributed by atoms with Crippen molar-refractivity contribution < 1.29 is 19.6 Å². The Balaban J connectivity index is 1.83. The van der Waals surface area contributed by atoms with Gasteiger partial charge in [0, 0.05) is 12.1 Å². The number of hydrogen-bond acceptors (Lipinski definition) is 5. The Morgan fingerprint density at radius 2 is 1.88 bits per heavy atom. The number of nitro benzene ring substituents is 1. The molecular weight excluding hydrogens is 334 g/mol. The molecule has 1 aliphatic heterocycles. The number of aromatic hydroxyl groups is 1. The number of allylic oxidation sites excluding steroid dienone is 1. The van der Waals surface area contributed by atoms with E-state index in [4.69, 9.17) is 4.74 Å². The van der Waals surface area contributed by atoms with Crippen molar-refractivity contribution in [1.29, 1.82) is 0 Å². The van der Waals surface area contributed by atoms with Crippen molar-refractivity contribution in [3.8, 4) is 11.5 Å². The van der Waals surface area contributed by atoms with Crippen LogP contribution in [0.15, 0.2) is 48.6 Å². The van der Waals surface area contributed by atoms with Crippen molar-refractivity contribution in [3.63, 3.8) is 0 Å². The number of benzene rings is 2. The van der Waals surface area contributed by atoms with E-state index < -0.39 is 10.5 Å². The van der Waals surface area contributed by atoms with Gasteiger partial charge in [-0.3, -0.25) is 14.9 Å². The van der Waals surface area contributed by atoms with Crippen LogP contribution in [-0.2, 0) is 0 Å². The van der Waals surface area contributed by atoms with Crippen LogP contribution in [0.4, 0.5) is 5.69 Å². The van der Waals surface area contributed by atoms with E-state index in [-0.39, 0.29) is 22.8 Å². The molecule has 0 aromatic heterocycles. The summed E-state index contributed by atoms with van der Waals surface area (Å²) in [5, 5.41) is 21.1. The molecule has 1 aliphatic rings. The van der Waals surface area contributed by atoms with Gasteiger partial charge in [0.25, 0.3) is 5.69 Å². The third kappa shape index (κ3) is 3.49. The first-order valence-electron chi connectivity index (χ1n) is 7.98. The number of carbonyl (C=O) groups is 1. The summed E-state index contributed by atoms with van der Waals surface area (Å²) in [6, 6.07) is 9.01. The van der Waals surface area contributed by atoms with E-state index in [9.17, 15) is 20.0 Å². The normalized spacial score (nSPS) is 14.7. The quantitative estimate of drug-likeness (QED) is 0.382. The minimum absolute atomic E-state index is 0.0180. The lowest BCUT2D eigenvalue weighted by Gasteiger charge is -2.28. The Bertz CT molecular complexity index is 939. The van der Waals surface area contributed by atoms with Gasteiger partial charge in [-0.25, -0.2) is 0 Å². The third-order valence-electron chi connectivity index (χ3n) is 4.00. The van der Waals surface area contributed by atoms with Gasteiger partial charge in [-0.15, -0.1) is 0 Å². The third-order valence-corrected chi connectivity index (χ3v) is 4.00. The van der Waals surface area contributed by atoms with Crippen LogP contribution in [0.2, 0.25) is 0 Å². The molecule has 0 atom stereocenters. The molecule has 2 aromatic rings. The molecule has 0 bridgehead atoms. The van der Waals surface area contributed by atoms with Gasteiger partial charge in [0.2, 0.25) is 0 Å². The van der Waals surface area contributed by atoms with Crippen LogP contribution < -0.4 is 4.74 Å². The summed E-state index contributed by atoms with van der Waals surface area (Å²) in [5.74, 6) is 0.0142. The summed E-state index contributed by atoms with van der Waals surface area (Å²) >= 11 is 0. The van der Waals surface area contributed by atoms with E-state index in [1.54, 1.807) is 30.4 Å². The Labute approximate surface area is 150 Å². The van der Waals surface area contributed by atoms with E-state index in [0.717, 1.165) is 0 Å². The molecule has 1 N–H and O–H groups in total. The highest BCUT2D eigenvalue weighted by Crippen LogP contribution is 2.38. The van der Waals surface area contributed by atoms with Crippen LogP contribution in [0.3, 0.4) is 0 Å². The van der Waals surface area contributed by atoms with Gasteiger partial charge in [0.15, 0.2) is 5.78 Å². The van der Waals surface area contributed by atoms with Crippen LogP contribution in [0, 0.1) is 10.1 Å². The number of phenolic OH excluding ortho intramolecular Hbond substituents is 1. The van der Waals surface area contributed by atoms with Crippen molar-refractivity contribution >= 4 is 23.6 Å². The van der Waals surface area contributed by atoms with E-state index in [1.807, 2.05) is 19.9 Å². The van der Waals surface area contributed by atoms with Crippen LogP contribution in [0.25, 0.3) is 12.2 Å². The molecule has 0 saturated heterocycles. The number of ketones is 1. The predicted octanol–water partition coefficient (Wildman–Crippen LogP) is 4.38. The standard InChI is InChI=1S/C20H17NO5/c1-20(2)12-11-16-18(26-20)10-8-15(19(16)23)17(22)9-5-13-3-6-14(7-4-13)21(24)25/h3-12,23H,1-2H3/b9-5+. The molecule has 0 fully saturated rings. The second-order valence-corrected chi connectivity index (χ2v) is 6.46. The maximum Gasteiger partial charge on any atom is 0.269 e. The zero-order chi connectivity index (χ0) is 18.9. The zero-order valence-electron chi connectivity index (χ0n) is 14.3. The number of fused-ring (bicyclic) bond motifs is 1. The number of nitro groups is 1. The summed E-state index contributed by atoms with van der Waals surface area (Å²) in [7, 11) is 0. The molecule has 0 saturated carbocycles. The van der Waals surface area contributed by atoms with Gasteiger partial charge in [-0.1, -0.05) is 6.08 Å². The van der Waals surface area contributed by atoms with Crippen molar-refractivity contribution in [1.82, 2.24) is 0 Å². The smallest absolute Gasteiger partial charge is 0.269 e. The molecule has 26 heavy (non-hydrogen) atoms. The summed E-state index contributed by atoms with van der Waals surface area (Å²) in [5.41, 5.74) is 0.788. The van der Waals surface area contributed by atoms with Crippen LogP contribution in [0.5, 0.6) is 11.5 Å². The van der Waals surface area contributed by atoms with Crippen molar-refractivity contribution in [2.24, 2.45) is 0 Å². The van der Waals surface area contributed by atoms with E-state index in [0.29, 0.717) is 16.9 Å². The topological polar surface area (TPSA) is 89.7 Å². The number of hydrogen-bond donors (Lipinski definition) is 1. The Morgan fingerprint density at radius 3 is 2.54 bits per heavy atom. The molecule has 6 nitrogen and oxygen atoms in total. The second-order valence-electron chi connectivity index (χ2n) is 6.46. The SMILES string of the molecule is CC1(C)C=Cc2c(ccc(C(=O)/C=C/c3ccc([N+](=O)[O-])cc3)c2O)O1. The minimum atomic E-state index is -0.485. The average Bonchev–Trinajstić information content (AvgIpc) is 2.59. The van der Waals surface area contributed by atoms with E-state index in [2.05, 4.69) is 0 Å². The van der Waals surface area contributed by atoms with Gasteiger partial charge >= 0.3 is 0 Å². The molecule has 0 aliphatic carbocycles. The summed E-state index contributed by atoms with van der Waals surface area (Å²) in [6.07, 6.45) is 6.42. The molecule has 132 valence electrons. The van der Waals surface area contributed by atoms with Gasteiger partial charge in [0.1, 0.15) is 17.1 Å². The average molecular weight is 351 g/mol. The zero-order valence-corrected chi connectivity index (χ0v) is 14.3. The van der Waals surface area contributed by atoms with Gasteiger partial charge in [-0.05, 0) is 61.9 Å². The maximum atomic E-state index is 12.4. The number of nitrogens with zero attached hydrogens (tertiary/aromatic N) is 1.